The van der Waals surface area contributed by atoms with Crippen LogP contribution in [0.2, 0.25) is 0 Å². The van der Waals surface area contributed by atoms with E-state index >= 15 is 0 Å². The molecule has 0 spiro atoms. The van der Waals surface area contributed by atoms with Crippen molar-refractivity contribution in [2.45, 2.75) is 25.7 Å². The second kappa shape index (κ2) is 4.31. The maximum absolute atomic E-state index is 11.5. The molecule has 2 N–H and O–H groups in total. The molecule has 0 aromatic carbocycles. The van der Waals surface area contributed by atoms with Crippen LogP contribution in [0.3, 0.4) is 0 Å². The lowest BCUT2D eigenvalue weighted by Crippen LogP contribution is -2.17. The SMILES string of the molecule is O=C1NC(=S)SC1=Cc1cc2c([nH]1)CCCC2. The number of fused-ring (bicyclic) bond motifs is 1. The highest BCUT2D eigenvalue weighted by molar-refractivity contribution is 8.26. The van der Waals surface area contributed by atoms with Gasteiger partial charge in [-0.3, -0.25) is 4.79 Å². The standard InChI is InChI=1S/C12H12N2OS2/c15-11-10(17-12(16)14-11)6-8-5-7-3-1-2-4-9(7)13-8/h5-6,13H,1-4H2,(H,14,15,16). The Morgan fingerprint density at radius 3 is 2.88 bits per heavy atom. The van der Waals surface area contributed by atoms with Crippen LogP contribution in [-0.4, -0.2) is 15.2 Å². The van der Waals surface area contributed by atoms with Crippen molar-refractivity contribution in [1.82, 2.24) is 10.3 Å². The Balaban J connectivity index is 1.90. The topological polar surface area (TPSA) is 44.9 Å². The van der Waals surface area contributed by atoms with Crippen molar-refractivity contribution < 1.29 is 4.79 Å². The molecule has 17 heavy (non-hydrogen) atoms. The van der Waals surface area contributed by atoms with Crippen LogP contribution in [0.5, 0.6) is 0 Å². The number of carbonyl (C=O) groups is 1. The van der Waals surface area contributed by atoms with Gasteiger partial charge in [0.25, 0.3) is 5.91 Å². The number of aryl methyl sites for hydroxylation is 2. The van der Waals surface area contributed by atoms with E-state index in [0.29, 0.717) is 9.23 Å². The first-order chi connectivity index (χ1) is 8.22. The zero-order chi connectivity index (χ0) is 11.8. The minimum Gasteiger partial charge on any atom is -0.359 e. The van der Waals surface area contributed by atoms with Crippen molar-refractivity contribution in [1.29, 1.82) is 0 Å². The van der Waals surface area contributed by atoms with Crippen LogP contribution in [0.4, 0.5) is 0 Å². The van der Waals surface area contributed by atoms with E-state index in [1.165, 1.54) is 35.9 Å². The monoisotopic (exact) mass is 264 g/mol. The Kier molecular flexibility index (Phi) is 2.80. The highest BCUT2D eigenvalue weighted by Gasteiger charge is 2.22. The number of aromatic amines is 1. The number of hydrogen-bond donors (Lipinski definition) is 2. The van der Waals surface area contributed by atoms with Gasteiger partial charge in [0.15, 0.2) is 0 Å². The smallest absolute Gasteiger partial charge is 0.263 e. The number of hydrogen-bond acceptors (Lipinski definition) is 3. The fourth-order valence-electron chi connectivity index (χ4n) is 2.27. The van der Waals surface area contributed by atoms with Crippen LogP contribution in [0.15, 0.2) is 11.0 Å². The first kappa shape index (κ1) is 11.0. The van der Waals surface area contributed by atoms with E-state index in [-0.39, 0.29) is 5.91 Å². The summed E-state index contributed by atoms with van der Waals surface area (Å²) >= 11 is 6.28. The van der Waals surface area contributed by atoms with E-state index in [2.05, 4.69) is 16.4 Å². The molecule has 88 valence electrons. The van der Waals surface area contributed by atoms with Crippen molar-refractivity contribution in [3.63, 3.8) is 0 Å². The highest BCUT2D eigenvalue weighted by atomic mass is 32.2. The number of amides is 1. The fraction of sp³-hybridized carbons (Fsp3) is 0.333. The average Bonchev–Trinajstić information content (AvgIpc) is 2.82. The van der Waals surface area contributed by atoms with Gasteiger partial charge >= 0.3 is 0 Å². The molecule has 0 atom stereocenters. The van der Waals surface area contributed by atoms with Gasteiger partial charge in [0.1, 0.15) is 4.32 Å². The van der Waals surface area contributed by atoms with Gasteiger partial charge in [0, 0.05) is 11.4 Å². The van der Waals surface area contributed by atoms with Gasteiger partial charge in [-0.05, 0) is 43.4 Å². The molecule has 2 heterocycles. The summed E-state index contributed by atoms with van der Waals surface area (Å²) in [5.41, 5.74) is 3.74. The molecule has 1 aromatic rings. The van der Waals surface area contributed by atoms with Crippen LogP contribution in [0.1, 0.15) is 29.8 Å². The number of thiocarbonyl (C=S) groups is 1. The van der Waals surface area contributed by atoms with Crippen LogP contribution in [-0.2, 0) is 17.6 Å². The molecule has 2 aliphatic rings. The summed E-state index contributed by atoms with van der Waals surface area (Å²) in [5.74, 6) is -0.0902. The lowest BCUT2D eigenvalue weighted by atomic mass is 9.98. The van der Waals surface area contributed by atoms with E-state index in [1.54, 1.807) is 0 Å². The molecule has 1 aliphatic carbocycles. The summed E-state index contributed by atoms with van der Waals surface area (Å²) < 4.78 is 0.539. The van der Waals surface area contributed by atoms with Crippen molar-refractivity contribution in [3.05, 3.63) is 27.9 Å². The van der Waals surface area contributed by atoms with Crippen molar-refractivity contribution in [2.75, 3.05) is 0 Å². The molecule has 3 nitrogen and oxygen atoms in total. The number of thioether (sulfide) groups is 1. The summed E-state index contributed by atoms with van der Waals surface area (Å²) in [7, 11) is 0. The quantitative estimate of drug-likeness (QED) is 0.604. The van der Waals surface area contributed by atoms with Gasteiger partial charge in [-0.2, -0.15) is 0 Å². The molecule has 0 saturated carbocycles. The maximum atomic E-state index is 11.5. The van der Waals surface area contributed by atoms with Gasteiger partial charge in [-0.15, -0.1) is 0 Å². The Labute approximate surface area is 109 Å². The molecule has 0 bridgehead atoms. The van der Waals surface area contributed by atoms with Gasteiger partial charge in [-0.25, -0.2) is 0 Å². The maximum Gasteiger partial charge on any atom is 0.263 e. The molecule has 0 unspecified atom stereocenters. The zero-order valence-electron chi connectivity index (χ0n) is 9.21. The minimum atomic E-state index is -0.0902. The Morgan fingerprint density at radius 1 is 1.35 bits per heavy atom. The van der Waals surface area contributed by atoms with Crippen LogP contribution < -0.4 is 5.32 Å². The minimum absolute atomic E-state index is 0.0902. The summed E-state index contributed by atoms with van der Waals surface area (Å²) in [5, 5.41) is 2.62. The number of carbonyl (C=O) groups excluding carboxylic acids is 1. The number of nitrogens with one attached hydrogen (secondary N) is 2. The second-order valence-electron chi connectivity index (χ2n) is 4.29. The highest BCUT2D eigenvalue weighted by Crippen LogP contribution is 2.28. The largest absolute Gasteiger partial charge is 0.359 e. The number of H-pyrrole nitrogens is 1. The third-order valence-electron chi connectivity index (χ3n) is 3.06. The van der Waals surface area contributed by atoms with Crippen LogP contribution in [0, 0.1) is 0 Å². The normalized spacial score (nSPS) is 21.8. The number of rotatable bonds is 1. The predicted molar refractivity (Wildman–Crippen MR) is 73.7 cm³/mol. The molecule has 0 radical (unpaired) electrons. The third-order valence-corrected chi connectivity index (χ3v) is 4.23. The van der Waals surface area contributed by atoms with E-state index in [9.17, 15) is 4.79 Å². The summed E-state index contributed by atoms with van der Waals surface area (Å²) in [4.78, 5) is 15.6. The van der Waals surface area contributed by atoms with Crippen molar-refractivity contribution >= 4 is 40.3 Å². The molecular weight excluding hydrogens is 252 g/mol. The summed E-state index contributed by atoms with van der Waals surface area (Å²) in [6, 6.07) is 2.15. The molecule has 1 fully saturated rings. The first-order valence-electron chi connectivity index (χ1n) is 5.68. The van der Waals surface area contributed by atoms with E-state index < -0.39 is 0 Å². The Morgan fingerprint density at radius 2 is 2.18 bits per heavy atom. The average molecular weight is 264 g/mol. The Hall–Kier alpha value is -1.07. The molecule has 5 heteroatoms. The van der Waals surface area contributed by atoms with Gasteiger partial charge in [-0.1, -0.05) is 24.0 Å². The zero-order valence-corrected chi connectivity index (χ0v) is 10.8. The lowest BCUT2D eigenvalue weighted by Gasteiger charge is -2.08. The summed E-state index contributed by atoms with van der Waals surface area (Å²) in [6.45, 7) is 0. The molecule has 3 rings (SSSR count). The lowest BCUT2D eigenvalue weighted by molar-refractivity contribution is -0.115. The number of aromatic nitrogens is 1. The summed E-state index contributed by atoms with van der Waals surface area (Å²) in [6.07, 6.45) is 6.67. The van der Waals surface area contributed by atoms with Crippen LogP contribution >= 0.6 is 24.0 Å². The molecule has 1 saturated heterocycles. The first-order valence-corrected chi connectivity index (χ1v) is 6.90. The third kappa shape index (κ3) is 2.17. The van der Waals surface area contributed by atoms with Crippen molar-refractivity contribution in [2.24, 2.45) is 0 Å². The fourth-order valence-corrected chi connectivity index (χ4v) is 3.30. The van der Waals surface area contributed by atoms with Gasteiger partial charge in [0.2, 0.25) is 0 Å². The van der Waals surface area contributed by atoms with Gasteiger partial charge in [0.05, 0.1) is 4.91 Å². The molecule has 1 amide bonds. The Bertz CT molecular complexity index is 507. The molecular formula is C12H12N2OS2. The van der Waals surface area contributed by atoms with E-state index in [1.807, 2.05) is 6.08 Å². The van der Waals surface area contributed by atoms with Crippen LogP contribution in [0.25, 0.3) is 6.08 Å². The van der Waals surface area contributed by atoms with E-state index in [0.717, 1.165) is 18.5 Å². The second-order valence-corrected chi connectivity index (χ2v) is 6.01. The van der Waals surface area contributed by atoms with E-state index in [4.69, 9.17) is 12.2 Å². The van der Waals surface area contributed by atoms with Gasteiger partial charge < -0.3 is 10.3 Å². The van der Waals surface area contributed by atoms with Crippen molar-refractivity contribution in [3.8, 4) is 0 Å². The molecule has 1 aromatic heterocycles. The predicted octanol–water partition coefficient (Wildman–Crippen LogP) is 2.38. The molecule has 1 aliphatic heterocycles.